The van der Waals surface area contributed by atoms with Crippen LogP contribution in [-0.4, -0.2) is 5.78 Å². The molecule has 0 aliphatic rings. The molecule has 0 bridgehead atoms. The van der Waals surface area contributed by atoms with Crippen molar-refractivity contribution in [1.82, 2.24) is 5.32 Å². The predicted octanol–water partition coefficient (Wildman–Crippen LogP) is 3.88. The van der Waals surface area contributed by atoms with Crippen LogP contribution in [0.1, 0.15) is 41.4 Å². The molecule has 2 nitrogen and oxygen atoms in total. The van der Waals surface area contributed by atoms with Gasteiger partial charge in [0.05, 0.1) is 0 Å². The van der Waals surface area contributed by atoms with E-state index in [0.29, 0.717) is 17.7 Å². The summed E-state index contributed by atoms with van der Waals surface area (Å²) in [6, 6.07) is 14.2. The Balaban J connectivity index is 1.98. The molecule has 0 fully saturated rings. The van der Waals surface area contributed by atoms with Gasteiger partial charge in [0.1, 0.15) is 5.82 Å². The van der Waals surface area contributed by atoms with Gasteiger partial charge in [-0.1, -0.05) is 42.5 Å². The van der Waals surface area contributed by atoms with Crippen LogP contribution in [0.3, 0.4) is 0 Å². The van der Waals surface area contributed by atoms with E-state index in [2.05, 4.69) is 5.32 Å². The molecule has 0 aromatic heterocycles. The fourth-order valence-corrected chi connectivity index (χ4v) is 2.06. The minimum atomic E-state index is -0.195. The van der Waals surface area contributed by atoms with Crippen LogP contribution in [0.15, 0.2) is 48.5 Å². The van der Waals surface area contributed by atoms with Gasteiger partial charge in [-0.25, -0.2) is 4.39 Å². The number of halogens is 1. The Morgan fingerprint density at radius 1 is 1.15 bits per heavy atom. The molecule has 2 aromatic rings. The molecule has 0 aliphatic carbocycles. The normalized spacial score (nSPS) is 12.2. The van der Waals surface area contributed by atoms with E-state index in [9.17, 15) is 9.18 Å². The second kappa shape index (κ2) is 6.44. The number of rotatable bonds is 5. The van der Waals surface area contributed by atoms with Crippen molar-refractivity contribution in [3.05, 3.63) is 71.0 Å². The van der Waals surface area contributed by atoms with Crippen LogP contribution in [0.25, 0.3) is 0 Å². The minimum Gasteiger partial charge on any atom is -0.306 e. The van der Waals surface area contributed by atoms with Gasteiger partial charge in [-0.05, 0) is 25.5 Å². The Bertz CT molecular complexity index is 592. The van der Waals surface area contributed by atoms with E-state index in [1.165, 1.54) is 6.07 Å². The Hall–Kier alpha value is -2.00. The third-order valence-corrected chi connectivity index (χ3v) is 3.34. The van der Waals surface area contributed by atoms with E-state index in [1.54, 1.807) is 19.1 Å². The van der Waals surface area contributed by atoms with Gasteiger partial charge in [-0.3, -0.25) is 4.79 Å². The van der Waals surface area contributed by atoms with Gasteiger partial charge in [0, 0.05) is 23.7 Å². The number of hydrogen-bond acceptors (Lipinski definition) is 2. The summed E-state index contributed by atoms with van der Waals surface area (Å²) in [5.41, 5.74) is 2.43. The summed E-state index contributed by atoms with van der Waals surface area (Å²) in [6.07, 6.45) is 0. The van der Waals surface area contributed by atoms with Crippen molar-refractivity contribution in [1.29, 1.82) is 0 Å². The van der Waals surface area contributed by atoms with Gasteiger partial charge < -0.3 is 5.32 Å². The maximum absolute atomic E-state index is 13.6. The van der Waals surface area contributed by atoms with Crippen LogP contribution in [0.5, 0.6) is 0 Å². The second-order valence-electron chi connectivity index (χ2n) is 4.88. The van der Waals surface area contributed by atoms with E-state index >= 15 is 0 Å². The first kappa shape index (κ1) is 14.4. The molecule has 1 N–H and O–H groups in total. The SMILES string of the molecule is CC(=O)c1ccc(CN[C@H](C)c2ccccc2F)cc1. The number of carbonyl (C=O) groups is 1. The van der Waals surface area contributed by atoms with Crippen molar-refractivity contribution >= 4 is 5.78 Å². The average Bonchev–Trinajstić information content (AvgIpc) is 2.45. The Morgan fingerprint density at radius 2 is 1.80 bits per heavy atom. The maximum atomic E-state index is 13.6. The molecule has 104 valence electrons. The number of carbonyl (C=O) groups excluding carboxylic acids is 1. The first-order valence-corrected chi connectivity index (χ1v) is 6.65. The molecule has 0 unspecified atom stereocenters. The molecule has 0 saturated carbocycles. The summed E-state index contributed by atoms with van der Waals surface area (Å²) in [5, 5.41) is 3.28. The lowest BCUT2D eigenvalue weighted by Gasteiger charge is -2.15. The summed E-state index contributed by atoms with van der Waals surface area (Å²) >= 11 is 0. The first-order chi connectivity index (χ1) is 9.58. The zero-order valence-corrected chi connectivity index (χ0v) is 11.7. The summed E-state index contributed by atoms with van der Waals surface area (Å²) in [7, 11) is 0. The van der Waals surface area contributed by atoms with Crippen molar-refractivity contribution in [3.63, 3.8) is 0 Å². The maximum Gasteiger partial charge on any atom is 0.159 e. The highest BCUT2D eigenvalue weighted by atomic mass is 19.1. The minimum absolute atomic E-state index is 0.0595. The smallest absolute Gasteiger partial charge is 0.159 e. The molecule has 3 heteroatoms. The zero-order valence-electron chi connectivity index (χ0n) is 11.7. The Morgan fingerprint density at radius 3 is 2.40 bits per heavy atom. The molecular formula is C17H18FNO. The quantitative estimate of drug-likeness (QED) is 0.836. The molecule has 0 spiro atoms. The highest BCUT2D eigenvalue weighted by molar-refractivity contribution is 5.93. The van der Waals surface area contributed by atoms with E-state index in [-0.39, 0.29) is 17.6 Å². The molecule has 0 saturated heterocycles. The van der Waals surface area contributed by atoms with E-state index in [4.69, 9.17) is 0 Å². The van der Waals surface area contributed by atoms with Crippen molar-refractivity contribution in [3.8, 4) is 0 Å². The van der Waals surface area contributed by atoms with Crippen molar-refractivity contribution < 1.29 is 9.18 Å². The standard InChI is InChI=1S/C17H18FNO/c1-12(16-5-3-4-6-17(16)18)19-11-14-7-9-15(10-8-14)13(2)20/h3-10,12,19H,11H2,1-2H3/t12-/m1/s1. The zero-order chi connectivity index (χ0) is 14.5. The molecule has 0 radical (unpaired) electrons. The van der Waals surface area contributed by atoms with Crippen LogP contribution in [-0.2, 0) is 6.54 Å². The third-order valence-electron chi connectivity index (χ3n) is 3.34. The predicted molar refractivity (Wildman–Crippen MR) is 78.1 cm³/mol. The summed E-state index contributed by atoms with van der Waals surface area (Å²) in [5.74, 6) is -0.135. The van der Waals surface area contributed by atoms with Gasteiger partial charge in [-0.15, -0.1) is 0 Å². The average molecular weight is 271 g/mol. The second-order valence-corrected chi connectivity index (χ2v) is 4.88. The lowest BCUT2D eigenvalue weighted by atomic mass is 10.1. The van der Waals surface area contributed by atoms with Crippen LogP contribution < -0.4 is 5.32 Å². The number of ketones is 1. The van der Waals surface area contributed by atoms with Crippen LogP contribution >= 0.6 is 0 Å². The number of hydrogen-bond donors (Lipinski definition) is 1. The fourth-order valence-electron chi connectivity index (χ4n) is 2.06. The molecule has 0 amide bonds. The number of benzene rings is 2. The number of nitrogens with one attached hydrogen (secondary N) is 1. The van der Waals surface area contributed by atoms with Crippen molar-refractivity contribution in [2.24, 2.45) is 0 Å². The van der Waals surface area contributed by atoms with Crippen LogP contribution in [0.4, 0.5) is 4.39 Å². The molecule has 1 atom stereocenters. The third kappa shape index (κ3) is 3.52. The van der Waals surface area contributed by atoms with Gasteiger partial charge >= 0.3 is 0 Å². The molecule has 2 rings (SSSR count). The fraction of sp³-hybridized carbons (Fsp3) is 0.235. The van der Waals surface area contributed by atoms with E-state index in [0.717, 1.165) is 5.56 Å². The van der Waals surface area contributed by atoms with Gasteiger partial charge in [0.25, 0.3) is 0 Å². The van der Waals surface area contributed by atoms with Crippen LogP contribution in [0, 0.1) is 5.82 Å². The molecular weight excluding hydrogens is 253 g/mol. The number of Topliss-reactive ketones (excluding diaryl/α,β-unsaturated/α-hetero) is 1. The summed E-state index contributed by atoms with van der Waals surface area (Å²) < 4.78 is 13.6. The lowest BCUT2D eigenvalue weighted by molar-refractivity contribution is 0.101. The van der Waals surface area contributed by atoms with Gasteiger partial charge in [0.2, 0.25) is 0 Å². The molecule has 0 aliphatic heterocycles. The highest BCUT2D eigenvalue weighted by Gasteiger charge is 2.09. The summed E-state index contributed by atoms with van der Waals surface area (Å²) in [4.78, 5) is 11.2. The molecule has 0 heterocycles. The largest absolute Gasteiger partial charge is 0.306 e. The van der Waals surface area contributed by atoms with Gasteiger partial charge in [-0.2, -0.15) is 0 Å². The van der Waals surface area contributed by atoms with Gasteiger partial charge in [0.15, 0.2) is 5.78 Å². The lowest BCUT2D eigenvalue weighted by Crippen LogP contribution is -2.19. The van der Waals surface area contributed by atoms with Crippen LogP contribution in [0.2, 0.25) is 0 Å². The monoisotopic (exact) mass is 271 g/mol. The summed E-state index contributed by atoms with van der Waals surface area (Å²) in [6.45, 7) is 4.11. The molecule has 20 heavy (non-hydrogen) atoms. The Labute approximate surface area is 118 Å². The highest BCUT2D eigenvalue weighted by Crippen LogP contribution is 2.16. The van der Waals surface area contributed by atoms with E-state index in [1.807, 2.05) is 37.3 Å². The van der Waals surface area contributed by atoms with E-state index < -0.39 is 0 Å². The Kier molecular flexibility index (Phi) is 4.64. The van der Waals surface area contributed by atoms with Crippen molar-refractivity contribution in [2.75, 3.05) is 0 Å². The molecule has 2 aromatic carbocycles. The van der Waals surface area contributed by atoms with Crippen molar-refractivity contribution in [2.45, 2.75) is 26.4 Å². The first-order valence-electron chi connectivity index (χ1n) is 6.65. The topological polar surface area (TPSA) is 29.1 Å².